The Hall–Kier alpha value is -2.77. The smallest absolute Gasteiger partial charge is 0.255 e. The van der Waals surface area contributed by atoms with Crippen molar-refractivity contribution >= 4 is 11.7 Å². The summed E-state index contributed by atoms with van der Waals surface area (Å²) in [7, 11) is 0. The van der Waals surface area contributed by atoms with E-state index in [1.165, 1.54) is 18.5 Å². The molecular formula is C17H14F3N3O2. The second kappa shape index (κ2) is 7.00. The molecule has 0 radical (unpaired) electrons. The lowest BCUT2D eigenvalue weighted by Gasteiger charge is -2.31. The van der Waals surface area contributed by atoms with E-state index in [1.807, 2.05) is 0 Å². The van der Waals surface area contributed by atoms with Crippen molar-refractivity contribution in [1.29, 1.82) is 0 Å². The highest BCUT2D eigenvalue weighted by molar-refractivity contribution is 5.99. The minimum Gasteiger partial charge on any atom is -0.339 e. The van der Waals surface area contributed by atoms with Gasteiger partial charge in [0.2, 0.25) is 0 Å². The molecule has 0 bridgehead atoms. The predicted molar refractivity (Wildman–Crippen MR) is 81.3 cm³/mol. The third-order valence-electron chi connectivity index (χ3n) is 4.24. The van der Waals surface area contributed by atoms with E-state index in [0.717, 1.165) is 0 Å². The van der Waals surface area contributed by atoms with Gasteiger partial charge in [-0.25, -0.2) is 13.2 Å². The molecule has 0 unspecified atom stereocenters. The lowest BCUT2D eigenvalue weighted by molar-refractivity contribution is 0.0647. The summed E-state index contributed by atoms with van der Waals surface area (Å²) >= 11 is 0. The molecule has 0 atom stereocenters. The van der Waals surface area contributed by atoms with Gasteiger partial charge in [-0.1, -0.05) is 0 Å². The molecule has 3 rings (SSSR count). The first-order valence-corrected chi connectivity index (χ1v) is 7.72. The number of piperidine rings is 1. The van der Waals surface area contributed by atoms with Crippen LogP contribution in [0.5, 0.6) is 0 Å². The average molecular weight is 349 g/mol. The van der Waals surface area contributed by atoms with E-state index in [4.69, 9.17) is 0 Å². The molecule has 1 saturated heterocycles. The number of likely N-dealkylation sites (tertiary alicyclic amines) is 1. The van der Waals surface area contributed by atoms with E-state index in [-0.39, 0.29) is 31.8 Å². The number of rotatable bonds is 3. The highest BCUT2D eigenvalue weighted by Crippen LogP contribution is 2.26. The number of Topliss-reactive ketones (excluding diaryl/α,β-unsaturated/α-hetero) is 1. The number of hydrogen-bond donors (Lipinski definition) is 0. The van der Waals surface area contributed by atoms with Crippen molar-refractivity contribution in [1.82, 2.24) is 15.1 Å². The van der Waals surface area contributed by atoms with Gasteiger partial charge in [0.05, 0.1) is 23.5 Å². The Morgan fingerprint density at radius 3 is 2.24 bits per heavy atom. The van der Waals surface area contributed by atoms with E-state index < -0.39 is 34.7 Å². The van der Waals surface area contributed by atoms with Crippen LogP contribution in [0.25, 0.3) is 0 Å². The number of amides is 1. The van der Waals surface area contributed by atoms with E-state index in [1.54, 1.807) is 4.90 Å². The maximum atomic E-state index is 13.8. The molecule has 1 aromatic heterocycles. The third kappa shape index (κ3) is 3.52. The van der Waals surface area contributed by atoms with E-state index in [2.05, 4.69) is 10.2 Å². The van der Waals surface area contributed by atoms with Crippen LogP contribution in [0.1, 0.15) is 33.6 Å². The summed E-state index contributed by atoms with van der Waals surface area (Å²) in [5.41, 5.74) is -0.333. The van der Waals surface area contributed by atoms with Gasteiger partial charge in [0.25, 0.3) is 5.91 Å². The summed E-state index contributed by atoms with van der Waals surface area (Å²) in [5.74, 6) is -5.03. The number of halogens is 3. The van der Waals surface area contributed by atoms with Crippen molar-refractivity contribution in [2.75, 3.05) is 13.1 Å². The van der Waals surface area contributed by atoms with Gasteiger partial charge in [0.1, 0.15) is 17.5 Å². The maximum absolute atomic E-state index is 13.8. The lowest BCUT2D eigenvalue weighted by atomic mass is 9.88. The van der Waals surface area contributed by atoms with Crippen LogP contribution in [0.4, 0.5) is 13.2 Å². The highest BCUT2D eigenvalue weighted by Gasteiger charge is 2.31. The maximum Gasteiger partial charge on any atom is 0.255 e. The van der Waals surface area contributed by atoms with Gasteiger partial charge in [0, 0.05) is 31.1 Å². The number of nitrogens with zero attached hydrogens (tertiary/aromatic N) is 3. The van der Waals surface area contributed by atoms with Crippen LogP contribution in [0.15, 0.2) is 30.6 Å². The van der Waals surface area contributed by atoms with Crippen LogP contribution in [-0.4, -0.2) is 39.9 Å². The monoisotopic (exact) mass is 349 g/mol. The Kier molecular flexibility index (Phi) is 4.78. The minimum absolute atomic E-state index is 0.236. The minimum atomic E-state index is -1.20. The fraction of sp³-hybridized carbons (Fsp3) is 0.294. The highest BCUT2D eigenvalue weighted by atomic mass is 19.1. The molecule has 1 fully saturated rings. The van der Waals surface area contributed by atoms with Crippen LogP contribution in [0.3, 0.4) is 0 Å². The summed E-state index contributed by atoms with van der Waals surface area (Å²) in [6.45, 7) is 0.560. The molecule has 0 saturated carbocycles. The molecule has 2 aromatic rings. The molecule has 1 amide bonds. The lowest BCUT2D eigenvalue weighted by Crippen LogP contribution is -2.40. The number of ketones is 1. The third-order valence-corrected chi connectivity index (χ3v) is 4.24. The van der Waals surface area contributed by atoms with Crippen molar-refractivity contribution in [3.8, 4) is 0 Å². The second-order valence-corrected chi connectivity index (χ2v) is 5.81. The number of hydrogen-bond acceptors (Lipinski definition) is 4. The molecule has 8 heteroatoms. The fourth-order valence-corrected chi connectivity index (χ4v) is 2.93. The molecular weight excluding hydrogens is 335 g/mol. The number of carbonyl (C=O) groups is 2. The molecule has 2 heterocycles. The van der Waals surface area contributed by atoms with E-state index >= 15 is 0 Å². The Morgan fingerprint density at radius 1 is 1.04 bits per heavy atom. The molecule has 25 heavy (non-hydrogen) atoms. The largest absolute Gasteiger partial charge is 0.339 e. The van der Waals surface area contributed by atoms with Crippen LogP contribution in [0, 0.1) is 23.4 Å². The summed E-state index contributed by atoms with van der Waals surface area (Å²) in [6, 6.07) is 2.52. The van der Waals surface area contributed by atoms with Gasteiger partial charge in [-0.2, -0.15) is 10.2 Å². The summed E-state index contributed by atoms with van der Waals surface area (Å²) < 4.78 is 40.5. The van der Waals surface area contributed by atoms with Gasteiger partial charge >= 0.3 is 0 Å². The SMILES string of the molecule is O=C(c1c(F)cc(F)cc1F)C1CCN(C(=O)c2ccnnc2)CC1. The van der Waals surface area contributed by atoms with Crippen LogP contribution < -0.4 is 0 Å². The number of benzene rings is 1. The first kappa shape index (κ1) is 17.1. The molecule has 1 aliphatic rings. The Balaban J connectivity index is 1.68. The molecule has 0 N–H and O–H groups in total. The first-order valence-electron chi connectivity index (χ1n) is 7.72. The Labute approximate surface area is 141 Å². The van der Waals surface area contributed by atoms with Crippen LogP contribution in [-0.2, 0) is 0 Å². The van der Waals surface area contributed by atoms with Crippen molar-refractivity contribution in [2.24, 2.45) is 5.92 Å². The number of carbonyl (C=O) groups excluding carboxylic acids is 2. The standard InChI is InChI=1S/C17H14F3N3O2/c18-12-7-13(19)15(14(20)8-12)16(24)10-2-5-23(6-3-10)17(25)11-1-4-21-22-9-11/h1,4,7-10H,2-3,5-6H2. The quantitative estimate of drug-likeness (QED) is 0.799. The van der Waals surface area contributed by atoms with E-state index in [9.17, 15) is 22.8 Å². The zero-order valence-electron chi connectivity index (χ0n) is 13.1. The van der Waals surface area contributed by atoms with Crippen molar-refractivity contribution in [3.63, 3.8) is 0 Å². The normalized spacial score (nSPS) is 15.2. The van der Waals surface area contributed by atoms with Gasteiger partial charge in [-0.15, -0.1) is 0 Å². The van der Waals surface area contributed by atoms with E-state index in [0.29, 0.717) is 17.7 Å². The zero-order valence-corrected chi connectivity index (χ0v) is 13.1. The molecule has 5 nitrogen and oxygen atoms in total. The first-order chi connectivity index (χ1) is 12.0. The summed E-state index contributed by atoms with van der Waals surface area (Å²) in [6.07, 6.45) is 3.31. The van der Waals surface area contributed by atoms with Crippen LogP contribution in [0.2, 0.25) is 0 Å². The van der Waals surface area contributed by atoms with Gasteiger partial charge in [-0.05, 0) is 18.9 Å². The fourth-order valence-electron chi connectivity index (χ4n) is 2.93. The topological polar surface area (TPSA) is 63.2 Å². The molecule has 1 aromatic carbocycles. The molecule has 130 valence electrons. The van der Waals surface area contributed by atoms with Crippen molar-refractivity contribution in [2.45, 2.75) is 12.8 Å². The summed E-state index contributed by atoms with van der Waals surface area (Å²) in [5, 5.41) is 7.25. The van der Waals surface area contributed by atoms with Crippen LogP contribution >= 0.6 is 0 Å². The number of aromatic nitrogens is 2. The average Bonchev–Trinajstić information content (AvgIpc) is 2.61. The summed E-state index contributed by atoms with van der Waals surface area (Å²) in [4.78, 5) is 26.2. The van der Waals surface area contributed by atoms with Gasteiger partial charge < -0.3 is 4.90 Å². The molecule has 1 aliphatic heterocycles. The second-order valence-electron chi connectivity index (χ2n) is 5.81. The predicted octanol–water partition coefficient (Wildman–Crippen LogP) is 2.63. The van der Waals surface area contributed by atoms with Crippen molar-refractivity contribution in [3.05, 3.63) is 59.2 Å². The molecule has 0 aliphatic carbocycles. The van der Waals surface area contributed by atoms with Gasteiger partial charge in [-0.3, -0.25) is 9.59 Å². The Bertz CT molecular complexity index is 783. The Morgan fingerprint density at radius 2 is 1.68 bits per heavy atom. The zero-order chi connectivity index (χ0) is 18.0. The van der Waals surface area contributed by atoms with Crippen molar-refractivity contribution < 1.29 is 22.8 Å². The molecule has 0 spiro atoms. The van der Waals surface area contributed by atoms with Gasteiger partial charge in [0.15, 0.2) is 5.78 Å².